The van der Waals surface area contributed by atoms with Gasteiger partial charge in [-0.15, -0.1) is 0 Å². The zero-order valence-electron chi connectivity index (χ0n) is 11.0. The van der Waals surface area contributed by atoms with Crippen molar-refractivity contribution in [2.24, 2.45) is 5.92 Å². The second-order valence-corrected chi connectivity index (χ2v) is 4.68. The topological polar surface area (TPSA) is 49.3 Å². The van der Waals surface area contributed by atoms with Crippen LogP contribution >= 0.6 is 0 Å². The fourth-order valence-corrected chi connectivity index (χ4v) is 1.70. The Morgan fingerprint density at radius 1 is 1.20 bits per heavy atom. The molecule has 0 aliphatic heterocycles. The quantitative estimate of drug-likeness (QED) is 0.497. The van der Waals surface area contributed by atoms with E-state index in [1.54, 1.807) is 13.8 Å². The molecule has 112 valence electrons. The van der Waals surface area contributed by atoms with E-state index >= 15 is 0 Å². The minimum absolute atomic E-state index is 0.0793. The van der Waals surface area contributed by atoms with Crippen LogP contribution in [0.1, 0.15) is 30.6 Å². The Morgan fingerprint density at radius 2 is 1.80 bits per heavy atom. The summed E-state index contributed by atoms with van der Waals surface area (Å²) in [6, 6.07) is -0.192. The van der Waals surface area contributed by atoms with Gasteiger partial charge in [-0.3, -0.25) is 4.79 Å². The molecule has 0 spiro atoms. The van der Waals surface area contributed by atoms with Crippen LogP contribution in [0.4, 0.5) is 17.6 Å². The van der Waals surface area contributed by atoms with Gasteiger partial charge in [0.2, 0.25) is 0 Å². The highest BCUT2D eigenvalue weighted by atomic mass is 19.2. The van der Waals surface area contributed by atoms with E-state index in [0.717, 1.165) is 0 Å². The summed E-state index contributed by atoms with van der Waals surface area (Å²) in [5.74, 6) is -8.52. The highest BCUT2D eigenvalue weighted by Gasteiger charge is 2.25. The average Bonchev–Trinajstić information content (AvgIpc) is 2.39. The molecule has 0 radical (unpaired) electrons. The Labute approximate surface area is 113 Å². The molecule has 0 bridgehead atoms. The van der Waals surface area contributed by atoms with Gasteiger partial charge in [0.05, 0.1) is 5.56 Å². The van der Waals surface area contributed by atoms with Crippen LogP contribution in [0, 0.1) is 29.2 Å². The zero-order chi connectivity index (χ0) is 15.4. The normalized spacial score (nSPS) is 12.6. The second kappa shape index (κ2) is 6.69. The number of carbonyl (C=O) groups is 1. The van der Waals surface area contributed by atoms with E-state index in [1.165, 1.54) is 0 Å². The van der Waals surface area contributed by atoms with Crippen molar-refractivity contribution in [1.29, 1.82) is 0 Å². The van der Waals surface area contributed by atoms with Crippen LogP contribution in [0.2, 0.25) is 0 Å². The standard InChI is InChI=1S/C13H15F4NO2/c1-6(2)9(3-4-19)18-13(20)7-5-8(14)11(16)12(17)10(7)15/h5-6,9,19H,3-4H2,1-2H3,(H,18,20). The van der Waals surface area contributed by atoms with Gasteiger partial charge in [-0.25, -0.2) is 17.6 Å². The van der Waals surface area contributed by atoms with Gasteiger partial charge in [0.15, 0.2) is 23.3 Å². The number of benzene rings is 1. The fraction of sp³-hybridized carbons (Fsp3) is 0.462. The molecule has 0 aliphatic carbocycles. The maximum atomic E-state index is 13.4. The van der Waals surface area contributed by atoms with Gasteiger partial charge in [0.25, 0.3) is 5.91 Å². The third-order valence-corrected chi connectivity index (χ3v) is 2.91. The largest absolute Gasteiger partial charge is 0.396 e. The summed E-state index contributed by atoms with van der Waals surface area (Å²) < 4.78 is 52.3. The van der Waals surface area contributed by atoms with Crippen LogP contribution in [0.15, 0.2) is 6.07 Å². The molecule has 1 amide bonds. The lowest BCUT2D eigenvalue weighted by molar-refractivity contribution is 0.0910. The Bertz CT molecular complexity index is 506. The summed E-state index contributed by atoms with van der Waals surface area (Å²) in [6.07, 6.45) is 0.206. The summed E-state index contributed by atoms with van der Waals surface area (Å²) in [7, 11) is 0. The molecule has 20 heavy (non-hydrogen) atoms. The van der Waals surface area contributed by atoms with Crippen molar-refractivity contribution in [1.82, 2.24) is 5.32 Å². The number of halogens is 4. The fourth-order valence-electron chi connectivity index (χ4n) is 1.70. The van der Waals surface area contributed by atoms with E-state index in [1.807, 2.05) is 0 Å². The van der Waals surface area contributed by atoms with E-state index in [9.17, 15) is 22.4 Å². The van der Waals surface area contributed by atoms with Crippen molar-refractivity contribution in [3.8, 4) is 0 Å². The van der Waals surface area contributed by atoms with Crippen molar-refractivity contribution in [2.75, 3.05) is 6.61 Å². The molecule has 3 nitrogen and oxygen atoms in total. The Morgan fingerprint density at radius 3 is 2.30 bits per heavy atom. The van der Waals surface area contributed by atoms with Crippen molar-refractivity contribution in [2.45, 2.75) is 26.3 Å². The summed E-state index contributed by atoms with van der Waals surface area (Å²) in [5, 5.41) is 11.2. The van der Waals surface area contributed by atoms with Gasteiger partial charge < -0.3 is 10.4 Å². The number of amides is 1. The number of nitrogens with one attached hydrogen (secondary N) is 1. The predicted molar refractivity (Wildman–Crippen MR) is 64.1 cm³/mol. The molecule has 0 fully saturated rings. The SMILES string of the molecule is CC(C)C(CCO)NC(=O)c1cc(F)c(F)c(F)c1F. The average molecular weight is 293 g/mol. The van der Waals surface area contributed by atoms with Gasteiger partial charge >= 0.3 is 0 Å². The van der Waals surface area contributed by atoms with Crippen LogP contribution in [0.3, 0.4) is 0 Å². The second-order valence-electron chi connectivity index (χ2n) is 4.68. The van der Waals surface area contributed by atoms with Crippen LogP contribution < -0.4 is 5.32 Å². The molecular weight excluding hydrogens is 278 g/mol. The van der Waals surface area contributed by atoms with E-state index in [-0.39, 0.29) is 18.9 Å². The number of aliphatic hydroxyl groups is 1. The number of carbonyl (C=O) groups excluding carboxylic acids is 1. The molecule has 0 aliphatic rings. The van der Waals surface area contributed by atoms with Crippen LogP contribution in [-0.2, 0) is 0 Å². The van der Waals surface area contributed by atoms with Crippen molar-refractivity contribution in [3.63, 3.8) is 0 Å². The van der Waals surface area contributed by atoms with Crippen LogP contribution in [0.25, 0.3) is 0 Å². The molecule has 0 aromatic heterocycles. The van der Waals surface area contributed by atoms with Gasteiger partial charge in [0.1, 0.15) is 0 Å². The molecular formula is C13H15F4NO2. The first-order chi connectivity index (χ1) is 9.29. The molecule has 0 heterocycles. The first-order valence-corrected chi connectivity index (χ1v) is 6.04. The lowest BCUT2D eigenvalue weighted by Gasteiger charge is -2.21. The Hall–Kier alpha value is -1.63. The van der Waals surface area contributed by atoms with Gasteiger partial charge in [-0.05, 0) is 18.4 Å². The molecule has 2 N–H and O–H groups in total. The first kappa shape index (κ1) is 16.4. The van der Waals surface area contributed by atoms with E-state index < -0.39 is 40.8 Å². The molecule has 1 aromatic carbocycles. The molecule has 1 rings (SSSR count). The molecule has 0 saturated carbocycles. The number of hydrogen-bond acceptors (Lipinski definition) is 2. The smallest absolute Gasteiger partial charge is 0.254 e. The lowest BCUT2D eigenvalue weighted by atomic mass is 10.0. The summed E-state index contributed by atoms with van der Waals surface area (Å²) in [4.78, 5) is 11.8. The number of aliphatic hydroxyl groups excluding tert-OH is 1. The summed E-state index contributed by atoms with van der Waals surface area (Å²) >= 11 is 0. The van der Waals surface area contributed by atoms with Gasteiger partial charge in [-0.2, -0.15) is 0 Å². The molecule has 1 unspecified atom stereocenters. The molecule has 1 aromatic rings. The minimum atomic E-state index is -2.03. The third kappa shape index (κ3) is 3.47. The van der Waals surface area contributed by atoms with E-state index in [0.29, 0.717) is 6.07 Å². The number of hydrogen-bond donors (Lipinski definition) is 2. The van der Waals surface area contributed by atoms with Crippen LogP contribution in [0.5, 0.6) is 0 Å². The molecule has 1 atom stereocenters. The highest BCUT2D eigenvalue weighted by Crippen LogP contribution is 2.19. The molecule has 0 saturated heterocycles. The Balaban J connectivity index is 3.04. The maximum Gasteiger partial charge on any atom is 0.254 e. The Kier molecular flexibility index (Phi) is 5.50. The summed E-state index contributed by atoms with van der Waals surface area (Å²) in [5.41, 5.74) is -0.912. The van der Waals surface area contributed by atoms with Crippen molar-refractivity contribution >= 4 is 5.91 Å². The maximum absolute atomic E-state index is 13.4. The number of rotatable bonds is 5. The molecule has 7 heteroatoms. The van der Waals surface area contributed by atoms with Gasteiger partial charge in [-0.1, -0.05) is 13.8 Å². The minimum Gasteiger partial charge on any atom is -0.396 e. The predicted octanol–water partition coefficient (Wildman–Crippen LogP) is 2.38. The van der Waals surface area contributed by atoms with Gasteiger partial charge in [0, 0.05) is 12.6 Å². The van der Waals surface area contributed by atoms with Crippen LogP contribution in [-0.4, -0.2) is 23.7 Å². The third-order valence-electron chi connectivity index (χ3n) is 2.91. The van der Waals surface area contributed by atoms with Crippen molar-refractivity contribution < 1.29 is 27.5 Å². The highest BCUT2D eigenvalue weighted by molar-refractivity contribution is 5.94. The van der Waals surface area contributed by atoms with E-state index in [4.69, 9.17) is 5.11 Å². The summed E-state index contributed by atoms with van der Waals surface area (Å²) in [6.45, 7) is 3.29. The lowest BCUT2D eigenvalue weighted by Crippen LogP contribution is -2.39. The monoisotopic (exact) mass is 293 g/mol. The van der Waals surface area contributed by atoms with E-state index in [2.05, 4.69) is 5.32 Å². The van der Waals surface area contributed by atoms with Crippen molar-refractivity contribution in [3.05, 3.63) is 34.9 Å². The zero-order valence-corrected chi connectivity index (χ0v) is 11.0. The first-order valence-electron chi connectivity index (χ1n) is 6.04.